The predicted molar refractivity (Wildman–Crippen MR) is 58.5 cm³/mol. The van der Waals surface area contributed by atoms with Crippen molar-refractivity contribution in [2.75, 3.05) is 6.54 Å². The number of carbonyl (C=O) groups excluding carboxylic acids is 1. The molecule has 0 aliphatic carbocycles. The first kappa shape index (κ1) is 12.0. The number of rotatable bonds is 4. The monoisotopic (exact) mass is 228 g/mol. The van der Waals surface area contributed by atoms with Gasteiger partial charge in [0, 0.05) is 17.1 Å². The summed E-state index contributed by atoms with van der Waals surface area (Å²) in [5, 5.41) is 3.21. The van der Waals surface area contributed by atoms with Crippen LogP contribution in [0.2, 0.25) is 5.02 Å². The zero-order valence-corrected chi connectivity index (χ0v) is 9.12. The van der Waals surface area contributed by atoms with Crippen molar-refractivity contribution in [2.24, 2.45) is 5.90 Å². The van der Waals surface area contributed by atoms with Crippen LogP contribution < -0.4 is 11.2 Å². The molecule has 4 nitrogen and oxygen atoms in total. The van der Waals surface area contributed by atoms with Crippen LogP contribution >= 0.6 is 11.6 Å². The standard InChI is InChI=1S/C10H13ClN2O2/c1-7(15-12)6-13-10(14)8-3-2-4-9(11)5-8/h2-5,7H,6,12H2,1H3,(H,13,14). The summed E-state index contributed by atoms with van der Waals surface area (Å²) >= 11 is 5.75. The van der Waals surface area contributed by atoms with Crippen molar-refractivity contribution in [1.29, 1.82) is 0 Å². The van der Waals surface area contributed by atoms with Gasteiger partial charge in [0.1, 0.15) is 0 Å². The van der Waals surface area contributed by atoms with Crippen LogP contribution in [0.15, 0.2) is 24.3 Å². The average molecular weight is 229 g/mol. The maximum Gasteiger partial charge on any atom is 0.251 e. The summed E-state index contributed by atoms with van der Waals surface area (Å²) in [6.07, 6.45) is -0.215. The van der Waals surface area contributed by atoms with Gasteiger partial charge in [0.25, 0.3) is 5.91 Å². The van der Waals surface area contributed by atoms with Gasteiger partial charge in [-0.1, -0.05) is 17.7 Å². The second-order valence-corrected chi connectivity index (χ2v) is 3.60. The quantitative estimate of drug-likeness (QED) is 0.765. The topological polar surface area (TPSA) is 64.3 Å². The molecular weight excluding hydrogens is 216 g/mol. The fourth-order valence-corrected chi connectivity index (χ4v) is 1.21. The summed E-state index contributed by atoms with van der Waals surface area (Å²) < 4.78 is 0. The fourth-order valence-electron chi connectivity index (χ4n) is 1.02. The molecule has 1 amide bonds. The molecule has 1 unspecified atom stereocenters. The van der Waals surface area contributed by atoms with Gasteiger partial charge in [-0.2, -0.15) is 0 Å². The highest BCUT2D eigenvalue weighted by molar-refractivity contribution is 6.30. The van der Waals surface area contributed by atoms with Crippen LogP contribution in [0.1, 0.15) is 17.3 Å². The molecular formula is C10H13ClN2O2. The average Bonchev–Trinajstić information content (AvgIpc) is 2.25. The van der Waals surface area contributed by atoms with E-state index in [4.69, 9.17) is 17.5 Å². The highest BCUT2D eigenvalue weighted by Crippen LogP contribution is 2.10. The van der Waals surface area contributed by atoms with Crippen LogP contribution in [0, 0.1) is 0 Å². The van der Waals surface area contributed by atoms with E-state index >= 15 is 0 Å². The van der Waals surface area contributed by atoms with Gasteiger partial charge in [-0.25, -0.2) is 5.90 Å². The first-order chi connectivity index (χ1) is 7.13. The molecule has 1 rings (SSSR count). The molecule has 0 saturated carbocycles. The molecule has 0 spiro atoms. The van der Waals surface area contributed by atoms with Crippen molar-refractivity contribution in [3.05, 3.63) is 34.9 Å². The van der Waals surface area contributed by atoms with E-state index in [0.29, 0.717) is 17.1 Å². The first-order valence-corrected chi connectivity index (χ1v) is 4.90. The van der Waals surface area contributed by atoms with Crippen LogP contribution in [0.25, 0.3) is 0 Å². The SMILES string of the molecule is CC(CNC(=O)c1cccc(Cl)c1)ON. The van der Waals surface area contributed by atoms with E-state index in [2.05, 4.69) is 10.2 Å². The van der Waals surface area contributed by atoms with Crippen LogP contribution in [0.5, 0.6) is 0 Å². The number of nitrogens with two attached hydrogens (primary N) is 1. The molecule has 5 heteroatoms. The summed E-state index contributed by atoms with van der Waals surface area (Å²) in [6.45, 7) is 2.13. The lowest BCUT2D eigenvalue weighted by Gasteiger charge is -2.09. The molecule has 3 N–H and O–H groups in total. The Bertz CT molecular complexity index is 344. The minimum absolute atomic E-state index is 0.193. The maximum atomic E-state index is 11.6. The normalized spacial score (nSPS) is 12.2. The van der Waals surface area contributed by atoms with Gasteiger partial charge >= 0.3 is 0 Å². The van der Waals surface area contributed by atoms with Gasteiger partial charge in [0.05, 0.1) is 6.10 Å². The maximum absolute atomic E-state index is 11.6. The van der Waals surface area contributed by atoms with Crippen molar-refractivity contribution in [1.82, 2.24) is 5.32 Å². The van der Waals surface area contributed by atoms with Gasteiger partial charge in [-0.3, -0.25) is 9.63 Å². The lowest BCUT2D eigenvalue weighted by atomic mass is 10.2. The number of nitrogens with one attached hydrogen (secondary N) is 1. The lowest BCUT2D eigenvalue weighted by Crippen LogP contribution is -2.33. The molecule has 15 heavy (non-hydrogen) atoms. The Kier molecular flexibility index (Phi) is 4.55. The summed E-state index contributed by atoms with van der Waals surface area (Å²) in [5.74, 6) is 4.76. The Morgan fingerprint density at radius 2 is 2.40 bits per heavy atom. The third-order valence-electron chi connectivity index (χ3n) is 1.87. The van der Waals surface area contributed by atoms with Gasteiger partial charge in [0.2, 0.25) is 0 Å². The van der Waals surface area contributed by atoms with Crippen molar-refractivity contribution < 1.29 is 9.63 Å². The number of benzene rings is 1. The van der Waals surface area contributed by atoms with Gasteiger partial charge < -0.3 is 5.32 Å². The van der Waals surface area contributed by atoms with Crippen LogP contribution in [0.4, 0.5) is 0 Å². The van der Waals surface area contributed by atoms with E-state index in [1.165, 1.54) is 0 Å². The Morgan fingerprint density at radius 3 is 3.00 bits per heavy atom. The number of halogens is 1. The zero-order valence-electron chi connectivity index (χ0n) is 8.37. The zero-order chi connectivity index (χ0) is 11.3. The molecule has 0 saturated heterocycles. The number of carbonyl (C=O) groups is 1. The van der Waals surface area contributed by atoms with E-state index < -0.39 is 0 Å². The van der Waals surface area contributed by atoms with E-state index in [-0.39, 0.29) is 12.0 Å². The fraction of sp³-hybridized carbons (Fsp3) is 0.300. The Morgan fingerprint density at radius 1 is 1.67 bits per heavy atom. The lowest BCUT2D eigenvalue weighted by molar-refractivity contribution is 0.0622. The molecule has 0 fully saturated rings. The van der Waals surface area contributed by atoms with E-state index in [1.54, 1.807) is 31.2 Å². The van der Waals surface area contributed by atoms with E-state index in [0.717, 1.165) is 0 Å². The molecule has 0 aliphatic heterocycles. The van der Waals surface area contributed by atoms with Crippen molar-refractivity contribution in [3.8, 4) is 0 Å². The summed E-state index contributed by atoms with van der Waals surface area (Å²) in [5.41, 5.74) is 0.520. The molecule has 0 aromatic heterocycles. The van der Waals surface area contributed by atoms with E-state index in [9.17, 15) is 4.79 Å². The first-order valence-electron chi connectivity index (χ1n) is 4.53. The molecule has 1 aromatic carbocycles. The second-order valence-electron chi connectivity index (χ2n) is 3.17. The highest BCUT2D eigenvalue weighted by Gasteiger charge is 2.07. The van der Waals surface area contributed by atoms with Crippen molar-refractivity contribution in [3.63, 3.8) is 0 Å². The highest BCUT2D eigenvalue weighted by atomic mass is 35.5. The molecule has 1 aromatic rings. The minimum Gasteiger partial charge on any atom is -0.349 e. The Hall–Kier alpha value is -1.10. The second kappa shape index (κ2) is 5.70. The molecule has 1 atom stereocenters. The number of hydrogen-bond donors (Lipinski definition) is 2. The number of hydrogen-bond acceptors (Lipinski definition) is 3. The summed E-state index contributed by atoms with van der Waals surface area (Å²) in [4.78, 5) is 16.1. The molecule has 0 heterocycles. The Labute approximate surface area is 93.3 Å². The van der Waals surface area contributed by atoms with E-state index in [1.807, 2.05) is 0 Å². The van der Waals surface area contributed by atoms with Crippen LogP contribution in [-0.4, -0.2) is 18.6 Å². The molecule has 0 radical (unpaired) electrons. The van der Waals surface area contributed by atoms with Gasteiger partial charge in [-0.05, 0) is 25.1 Å². The predicted octanol–water partition coefficient (Wildman–Crippen LogP) is 1.35. The van der Waals surface area contributed by atoms with Crippen molar-refractivity contribution in [2.45, 2.75) is 13.0 Å². The largest absolute Gasteiger partial charge is 0.349 e. The van der Waals surface area contributed by atoms with Gasteiger partial charge in [0.15, 0.2) is 0 Å². The minimum atomic E-state index is -0.215. The Balaban J connectivity index is 2.54. The smallest absolute Gasteiger partial charge is 0.251 e. The summed E-state index contributed by atoms with van der Waals surface area (Å²) in [6, 6.07) is 6.73. The molecule has 0 bridgehead atoms. The third kappa shape index (κ3) is 3.87. The molecule has 82 valence electrons. The molecule has 0 aliphatic rings. The van der Waals surface area contributed by atoms with Gasteiger partial charge in [-0.15, -0.1) is 0 Å². The summed E-state index contributed by atoms with van der Waals surface area (Å²) in [7, 11) is 0. The number of amides is 1. The van der Waals surface area contributed by atoms with Crippen molar-refractivity contribution >= 4 is 17.5 Å². The third-order valence-corrected chi connectivity index (χ3v) is 2.10. The van der Waals surface area contributed by atoms with Crippen LogP contribution in [-0.2, 0) is 4.84 Å². The van der Waals surface area contributed by atoms with Crippen LogP contribution in [0.3, 0.4) is 0 Å².